The Labute approximate surface area is 87.3 Å². The van der Waals surface area contributed by atoms with Crippen molar-refractivity contribution in [2.45, 2.75) is 46.2 Å². The Morgan fingerprint density at radius 1 is 1.29 bits per heavy atom. The van der Waals surface area contributed by atoms with Crippen LogP contribution in [0.3, 0.4) is 0 Å². The maximum Gasteiger partial charge on any atom is 0.213 e. The van der Waals surface area contributed by atoms with E-state index in [1.807, 2.05) is 34.6 Å². The van der Waals surface area contributed by atoms with E-state index in [2.05, 4.69) is 4.72 Å². The molecule has 0 rings (SSSR count). The zero-order valence-corrected chi connectivity index (χ0v) is 10.5. The van der Waals surface area contributed by atoms with Crippen LogP contribution in [0.25, 0.3) is 0 Å². The monoisotopic (exact) mass is 222 g/mol. The Morgan fingerprint density at radius 3 is 2.00 bits per heavy atom. The third kappa shape index (κ3) is 6.34. The summed E-state index contributed by atoms with van der Waals surface area (Å²) >= 11 is 0. The highest BCUT2D eigenvalue weighted by atomic mass is 32.2. The molecule has 0 aliphatic carbocycles. The number of sulfonamides is 1. The molecule has 5 heteroatoms. The van der Waals surface area contributed by atoms with E-state index in [1.54, 1.807) is 0 Å². The fourth-order valence-electron chi connectivity index (χ4n) is 0.954. The summed E-state index contributed by atoms with van der Waals surface area (Å²) in [4.78, 5) is 0. The molecule has 0 saturated carbocycles. The van der Waals surface area contributed by atoms with Gasteiger partial charge in [0, 0.05) is 11.6 Å². The molecular formula is C9H22N2O2S. The first-order valence-corrected chi connectivity index (χ1v) is 6.46. The van der Waals surface area contributed by atoms with Gasteiger partial charge in [-0.15, -0.1) is 0 Å². The van der Waals surface area contributed by atoms with Crippen molar-refractivity contribution >= 4 is 10.0 Å². The van der Waals surface area contributed by atoms with Gasteiger partial charge in [-0.2, -0.15) is 0 Å². The summed E-state index contributed by atoms with van der Waals surface area (Å²) in [5.74, 6) is 0.161. The third-order valence-corrected chi connectivity index (χ3v) is 3.48. The molecule has 0 heterocycles. The summed E-state index contributed by atoms with van der Waals surface area (Å²) in [6, 6.07) is -0.310. The summed E-state index contributed by atoms with van der Waals surface area (Å²) in [7, 11) is -3.26. The topological polar surface area (TPSA) is 72.2 Å². The highest BCUT2D eigenvalue weighted by molar-refractivity contribution is 7.89. The lowest BCUT2D eigenvalue weighted by Crippen LogP contribution is -2.46. The molecule has 0 bridgehead atoms. The fraction of sp³-hybridized carbons (Fsp3) is 1.00. The number of nitrogens with two attached hydrogens (primary N) is 1. The smallest absolute Gasteiger partial charge is 0.213 e. The van der Waals surface area contributed by atoms with E-state index >= 15 is 0 Å². The molecule has 0 saturated heterocycles. The number of hydrogen-bond donors (Lipinski definition) is 2. The van der Waals surface area contributed by atoms with E-state index in [0.717, 1.165) is 0 Å². The van der Waals surface area contributed by atoms with Crippen LogP contribution < -0.4 is 10.5 Å². The van der Waals surface area contributed by atoms with Crippen LogP contribution in [0, 0.1) is 5.92 Å². The van der Waals surface area contributed by atoms with Crippen molar-refractivity contribution < 1.29 is 8.42 Å². The minimum Gasteiger partial charge on any atom is -0.326 e. The van der Waals surface area contributed by atoms with E-state index in [9.17, 15) is 8.42 Å². The third-order valence-electron chi connectivity index (χ3n) is 1.73. The van der Waals surface area contributed by atoms with Crippen molar-refractivity contribution in [2.75, 3.05) is 5.75 Å². The van der Waals surface area contributed by atoms with E-state index in [0.29, 0.717) is 0 Å². The van der Waals surface area contributed by atoms with Crippen LogP contribution in [0.2, 0.25) is 0 Å². The molecule has 0 amide bonds. The van der Waals surface area contributed by atoms with Gasteiger partial charge in [-0.05, 0) is 26.7 Å². The predicted octanol–water partition coefficient (Wildman–Crippen LogP) is 0.688. The van der Waals surface area contributed by atoms with E-state index in [4.69, 9.17) is 5.73 Å². The number of rotatable bonds is 4. The molecule has 3 N–H and O–H groups in total. The quantitative estimate of drug-likeness (QED) is 0.735. The van der Waals surface area contributed by atoms with Crippen molar-refractivity contribution in [3.8, 4) is 0 Å². The molecule has 0 aromatic carbocycles. The van der Waals surface area contributed by atoms with E-state index < -0.39 is 15.6 Å². The van der Waals surface area contributed by atoms with Gasteiger partial charge in [0.25, 0.3) is 0 Å². The summed E-state index contributed by atoms with van der Waals surface area (Å²) in [6.45, 7) is 9.26. The van der Waals surface area contributed by atoms with Crippen molar-refractivity contribution in [3.63, 3.8) is 0 Å². The van der Waals surface area contributed by atoms with Gasteiger partial charge in [-0.1, -0.05) is 13.8 Å². The van der Waals surface area contributed by atoms with Crippen molar-refractivity contribution in [2.24, 2.45) is 11.7 Å². The second kappa shape index (κ2) is 4.59. The first-order chi connectivity index (χ1) is 6.03. The second-order valence-electron chi connectivity index (χ2n) is 5.04. The largest absolute Gasteiger partial charge is 0.326 e. The van der Waals surface area contributed by atoms with Crippen molar-refractivity contribution in [3.05, 3.63) is 0 Å². The number of nitrogens with one attached hydrogen (secondary N) is 1. The van der Waals surface area contributed by atoms with Gasteiger partial charge in [0.15, 0.2) is 0 Å². The van der Waals surface area contributed by atoms with Crippen LogP contribution in [0.15, 0.2) is 0 Å². The molecule has 1 atom stereocenters. The Kier molecular flexibility index (Phi) is 4.55. The fourth-order valence-corrected chi connectivity index (χ4v) is 2.86. The van der Waals surface area contributed by atoms with Crippen LogP contribution in [0.4, 0.5) is 0 Å². The average molecular weight is 222 g/mol. The van der Waals surface area contributed by atoms with Crippen LogP contribution in [-0.2, 0) is 10.0 Å². The lowest BCUT2D eigenvalue weighted by molar-refractivity contribution is 0.474. The van der Waals surface area contributed by atoms with E-state index in [-0.39, 0.29) is 17.7 Å². The normalized spacial score (nSPS) is 15.9. The summed E-state index contributed by atoms with van der Waals surface area (Å²) < 4.78 is 25.7. The van der Waals surface area contributed by atoms with Gasteiger partial charge in [0.1, 0.15) is 0 Å². The maximum atomic E-state index is 11.6. The minimum absolute atomic E-state index is 0.0120. The summed E-state index contributed by atoms with van der Waals surface area (Å²) in [5, 5.41) is 0. The van der Waals surface area contributed by atoms with Crippen LogP contribution in [0.1, 0.15) is 34.6 Å². The summed E-state index contributed by atoms with van der Waals surface area (Å²) in [6.07, 6.45) is 0. The molecule has 0 aliphatic rings. The lowest BCUT2D eigenvalue weighted by atomic mass is 10.1. The molecule has 0 aromatic rings. The predicted molar refractivity (Wildman–Crippen MR) is 59.5 cm³/mol. The standard InChI is InChI=1S/C9H22N2O2S/c1-7(2)8(10)6-14(12,13)11-9(3,4)5/h7-8,11H,6,10H2,1-5H3/t8-/m1/s1. The van der Waals surface area contributed by atoms with E-state index in [1.165, 1.54) is 0 Å². The van der Waals surface area contributed by atoms with Crippen LogP contribution in [-0.4, -0.2) is 25.8 Å². The average Bonchev–Trinajstić information content (AvgIpc) is 1.78. The van der Waals surface area contributed by atoms with Gasteiger partial charge in [0.05, 0.1) is 5.75 Å². The van der Waals surface area contributed by atoms with Gasteiger partial charge >= 0.3 is 0 Å². The molecule has 14 heavy (non-hydrogen) atoms. The van der Waals surface area contributed by atoms with Gasteiger partial charge in [-0.3, -0.25) is 0 Å². The van der Waals surface area contributed by atoms with Crippen LogP contribution >= 0.6 is 0 Å². The lowest BCUT2D eigenvalue weighted by Gasteiger charge is -2.23. The van der Waals surface area contributed by atoms with Gasteiger partial charge in [0.2, 0.25) is 10.0 Å². The zero-order valence-electron chi connectivity index (χ0n) is 9.66. The highest BCUT2D eigenvalue weighted by Gasteiger charge is 2.23. The Hall–Kier alpha value is -0.130. The van der Waals surface area contributed by atoms with Gasteiger partial charge in [-0.25, -0.2) is 13.1 Å². The molecular weight excluding hydrogens is 200 g/mol. The molecule has 4 nitrogen and oxygen atoms in total. The first-order valence-electron chi connectivity index (χ1n) is 4.81. The Balaban J connectivity index is 4.37. The number of hydrogen-bond acceptors (Lipinski definition) is 3. The minimum atomic E-state index is -3.26. The van der Waals surface area contributed by atoms with Crippen molar-refractivity contribution in [1.82, 2.24) is 4.72 Å². The summed E-state index contributed by atoms with van der Waals surface area (Å²) in [5.41, 5.74) is 5.27. The molecule has 0 radical (unpaired) electrons. The Bertz CT molecular complexity index is 265. The molecule has 0 aromatic heterocycles. The molecule has 0 unspecified atom stereocenters. The first kappa shape index (κ1) is 13.9. The van der Waals surface area contributed by atoms with Crippen LogP contribution in [0.5, 0.6) is 0 Å². The second-order valence-corrected chi connectivity index (χ2v) is 6.81. The van der Waals surface area contributed by atoms with Gasteiger partial charge < -0.3 is 5.73 Å². The molecule has 0 spiro atoms. The molecule has 0 fully saturated rings. The van der Waals surface area contributed by atoms with Crippen molar-refractivity contribution in [1.29, 1.82) is 0 Å². The molecule has 86 valence electrons. The zero-order chi connectivity index (χ0) is 11.6. The maximum absolute atomic E-state index is 11.6. The SMILES string of the molecule is CC(C)[C@H](N)CS(=O)(=O)NC(C)(C)C. The highest BCUT2D eigenvalue weighted by Crippen LogP contribution is 2.06. The Morgan fingerprint density at radius 2 is 1.71 bits per heavy atom. The molecule has 0 aliphatic heterocycles.